The maximum absolute atomic E-state index is 12.4. The minimum atomic E-state index is -0.475. The van der Waals surface area contributed by atoms with Crippen molar-refractivity contribution in [2.24, 2.45) is 0 Å². The summed E-state index contributed by atoms with van der Waals surface area (Å²) in [6, 6.07) is 9.97. The van der Waals surface area contributed by atoms with E-state index in [0.717, 1.165) is 12.1 Å². The number of fused-ring (bicyclic) bond motifs is 1. The second-order valence-corrected chi connectivity index (χ2v) is 6.54. The van der Waals surface area contributed by atoms with Gasteiger partial charge in [0, 0.05) is 23.2 Å². The topological polar surface area (TPSA) is 59.6 Å². The summed E-state index contributed by atoms with van der Waals surface area (Å²) in [5, 5.41) is 6.84. The maximum atomic E-state index is 12.4. The smallest absolute Gasteiger partial charge is 0.246 e. The van der Waals surface area contributed by atoms with Crippen molar-refractivity contribution in [2.45, 2.75) is 19.4 Å². The van der Waals surface area contributed by atoms with Gasteiger partial charge in [-0.3, -0.25) is 4.79 Å². The van der Waals surface area contributed by atoms with Crippen LogP contribution >= 0.6 is 23.2 Å². The molecule has 132 valence electrons. The van der Waals surface area contributed by atoms with Crippen molar-refractivity contribution in [1.29, 1.82) is 0 Å². The predicted octanol–water partition coefficient (Wildman–Crippen LogP) is 4.59. The number of ether oxygens (including phenoxy) is 2. The van der Waals surface area contributed by atoms with E-state index in [-0.39, 0.29) is 5.91 Å². The molecule has 2 N–H and O–H groups in total. The normalized spacial score (nSPS) is 14.4. The second-order valence-electron chi connectivity index (χ2n) is 5.69. The number of nitrogens with one attached hydrogen (secondary N) is 2. The van der Waals surface area contributed by atoms with Crippen molar-refractivity contribution in [3.05, 3.63) is 46.4 Å². The third-order valence-corrected chi connectivity index (χ3v) is 4.26. The van der Waals surface area contributed by atoms with Gasteiger partial charge in [-0.1, -0.05) is 23.2 Å². The molecule has 1 heterocycles. The Bertz CT molecular complexity index is 783. The van der Waals surface area contributed by atoms with Crippen LogP contribution in [0, 0.1) is 0 Å². The first-order chi connectivity index (χ1) is 12.0. The van der Waals surface area contributed by atoms with Gasteiger partial charge in [0.2, 0.25) is 5.91 Å². The fourth-order valence-electron chi connectivity index (χ4n) is 2.40. The summed E-state index contributed by atoms with van der Waals surface area (Å²) in [5.74, 6) is 1.18. The highest BCUT2D eigenvalue weighted by atomic mass is 35.5. The van der Waals surface area contributed by atoms with Gasteiger partial charge in [0.15, 0.2) is 11.5 Å². The van der Waals surface area contributed by atoms with Crippen LogP contribution in [0.3, 0.4) is 0 Å². The molecule has 3 rings (SSSR count). The van der Waals surface area contributed by atoms with Crippen LogP contribution in [0.5, 0.6) is 11.5 Å². The number of carbonyl (C=O) groups excluding carboxylic acids is 1. The molecule has 0 aromatic heterocycles. The standard InChI is InChI=1S/C18H18Cl2N2O3/c1-11(18(23)22-15-5-3-12(19)9-14(15)20)21-13-4-6-16-17(10-13)25-8-2-7-24-16/h3-6,9-11,21H,2,7-8H2,1H3,(H,22,23). The first-order valence-electron chi connectivity index (χ1n) is 7.95. The monoisotopic (exact) mass is 380 g/mol. The molecule has 0 fully saturated rings. The lowest BCUT2D eigenvalue weighted by atomic mass is 10.2. The van der Waals surface area contributed by atoms with Crippen molar-refractivity contribution in [3.63, 3.8) is 0 Å². The van der Waals surface area contributed by atoms with E-state index in [1.54, 1.807) is 25.1 Å². The summed E-state index contributed by atoms with van der Waals surface area (Å²) in [5.41, 5.74) is 1.29. The predicted molar refractivity (Wildman–Crippen MR) is 100 cm³/mol. The van der Waals surface area contributed by atoms with Crippen molar-refractivity contribution in [3.8, 4) is 11.5 Å². The Morgan fingerprint density at radius 3 is 2.60 bits per heavy atom. The minimum absolute atomic E-state index is 0.212. The number of hydrogen-bond donors (Lipinski definition) is 2. The van der Waals surface area contributed by atoms with E-state index in [9.17, 15) is 4.79 Å². The second kappa shape index (κ2) is 7.85. The van der Waals surface area contributed by atoms with E-state index < -0.39 is 6.04 Å². The molecule has 2 aromatic rings. The number of halogens is 2. The Labute approximate surface area is 156 Å². The Kier molecular flexibility index (Phi) is 5.56. The van der Waals surface area contributed by atoms with Crippen LogP contribution in [0.15, 0.2) is 36.4 Å². The van der Waals surface area contributed by atoms with E-state index in [4.69, 9.17) is 32.7 Å². The molecule has 25 heavy (non-hydrogen) atoms. The molecule has 7 heteroatoms. The fourth-order valence-corrected chi connectivity index (χ4v) is 2.86. The summed E-state index contributed by atoms with van der Waals surface area (Å²) >= 11 is 11.9. The van der Waals surface area contributed by atoms with Crippen molar-refractivity contribution >= 4 is 40.5 Å². The molecular weight excluding hydrogens is 363 g/mol. The molecule has 1 aliphatic heterocycles. The van der Waals surface area contributed by atoms with Crippen molar-refractivity contribution in [1.82, 2.24) is 0 Å². The van der Waals surface area contributed by atoms with Crippen LogP contribution in [0.1, 0.15) is 13.3 Å². The van der Waals surface area contributed by atoms with E-state index in [0.29, 0.717) is 40.4 Å². The number of amides is 1. The molecule has 0 spiro atoms. The third kappa shape index (κ3) is 4.50. The van der Waals surface area contributed by atoms with Crippen LogP contribution in [-0.4, -0.2) is 25.2 Å². The van der Waals surface area contributed by atoms with Gasteiger partial charge in [-0.05, 0) is 37.3 Å². The molecule has 1 unspecified atom stereocenters. The lowest BCUT2D eigenvalue weighted by molar-refractivity contribution is -0.116. The maximum Gasteiger partial charge on any atom is 0.246 e. The molecule has 0 bridgehead atoms. The minimum Gasteiger partial charge on any atom is -0.490 e. The molecule has 1 atom stereocenters. The van der Waals surface area contributed by atoms with E-state index >= 15 is 0 Å². The molecule has 0 saturated carbocycles. The summed E-state index contributed by atoms with van der Waals surface area (Å²) in [6.45, 7) is 3.02. The Morgan fingerprint density at radius 2 is 1.84 bits per heavy atom. The highest BCUT2D eigenvalue weighted by Gasteiger charge is 2.16. The number of hydrogen-bond acceptors (Lipinski definition) is 4. The van der Waals surface area contributed by atoms with Gasteiger partial charge < -0.3 is 20.1 Å². The van der Waals surface area contributed by atoms with Crippen LogP contribution < -0.4 is 20.1 Å². The molecule has 1 amide bonds. The lowest BCUT2D eigenvalue weighted by Crippen LogP contribution is -2.31. The van der Waals surface area contributed by atoms with Crippen LogP contribution in [0.4, 0.5) is 11.4 Å². The zero-order chi connectivity index (χ0) is 17.8. The highest BCUT2D eigenvalue weighted by Crippen LogP contribution is 2.32. The lowest BCUT2D eigenvalue weighted by Gasteiger charge is -2.17. The summed E-state index contributed by atoms with van der Waals surface area (Å²) < 4.78 is 11.3. The van der Waals surface area contributed by atoms with Gasteiger partial charge in [-0.2, -0.15) is 0 Å². The SMILES string of the molecule is CC(Nc1ccc2c(c1)OCCCO2)C(=O)Nc1ccc(Cl)cc1Cl. The van der Waals surface area contributed by atoms with Crippen LogP contribution in [0.2, 0.25) is 10.0 Å². The van der Waals surface area contributed by atoms with Gasteiger partial charge >= 0.3 is 0 Å². The largest absolute Gasteiger partial charge is 0.490 e. The molecule has 0 aliphatic carbocycles. The summed E-state index contributed by atoms with van der Waals surface area (Å²) in [7, 11) is 0. The third-order valence-electron chi connectivity index (χ3n) is 3.71. The number of rotatable bonds is 4. The number of carbonyl (C=O) groups is 1. The average molecular weight is 381 g/mol. The summed E-state index contributed by atoms with van der Waals surface area (Å²) in [6.07, 6.45) is 0.845. The van der Waals surface area contributed by atoms with Gasteiger partial charge in [0.1, 0.15) is 6.04 Å². The Balaban J connectivity index is 1.66. The molecule has 1 aliphatic rings. The number of benzene rings is 2. The zero-order valence-corrected chi connectivity index (χ0v) is 15.2. The molecule has 5 nitrogen and oxygen atoms in total. The van der Waals surface area contributed by atoms with Gasteiger partial charge in [-0.15, -0.1) is 0 Å². The Morgan fingerprint density at radius 1 is 1.08 bits per heavy atom. The first-order valence-corrected chi connectivity index (χ1v) is 8.70. The summed E-state index contributed by atoms with van der Waals surface area (Å²) in [4.78, 5) is 12.4. The van der Waals surface area contributed by atoms with Gasteiger partial charge in [-0.25, -0.2) is 0 Å². The van der Waals surface area contributed by atoms with Crippen LogP contribution in [0.25, 0.3) is 0 Å². The van der Waals surface area contributed by atoms with E-state index in [2.05, 4.69) is 10.6 Å². The zero-order valence-electron chi connectivity index (χ0n) is 13.6. The molecule has 2 aromatic carbocycles. The average Bonchev–Trinajstić information content (AvgIpc) is 2.82. The van der Waals surface area contributed by atoms with Crippen molar-refractivity contribution < 1.29 is 14.3 Å². The van der Waals surface area contributed by atoms with Gasteiger partial charge in [0.25, 0.3) is 0 Å². The fraction of sp³-hybridized carbons (Fsp3) is 0.278. The van der Waals surface area contributed by atoms with Gasteiger partial charge in [0.05, 0.1) is 23.9 Å². The number of anilines is 2. The van der Waals surface area contributed by atoms with Crippen LogP contribution in [-0.2, 0) is 4.79 Å². The molecule has 0 radical (unpaired) electrons. The first kappa shape index (κ1) is 17.7. The molecule has 0 saturated heterocycles. The molecular formula is C18H18Cl2N2O3. The van der Waals surface area contributed by atoms with E-state index in [1.807, 2.05) is 18.2 Å². The highest BCUT2D eigenvalue weighted by molar-refractivity contribution is 6.36. The Hall–Kier alpha value is -2.11. The van der Waals surface area contributed by atoms with Crippen molar-refractivity contribution in [2.75, 3.05) is 23.8 Å². The quantitative estimate of drug-likeness (QED) is 0.813. The van der Waals surface area contributed by atoms with E-state index in [1.165, 1.54) is 0 Å².